The molecule has 10 heteroatoms. The number of anilines is 2. The molecule has 0 saturated carbocycles. The fourth-order valence-electron chi connectivity index (χ4n) is 4.34. The van der Waals surface area contributed by atoms with E-state index in [-0.39, 0.29) is 12.1 Å². The first-order valence-electron chi connectivity index (χ1n) is 9.72. The Morgan fingerprint density at radius 2 is 2.10 bits per heavy atom. The number of hydroxylamine groups is 2. The number of carbonyl (C=O) groups is 1. The van der Waals surface area contributed by atoms with E-state index in [1.54, 1.807) is 15.6 Å². The van der Waals surface area contributed by atoms with Gasteiger partial charge in [0.15, 0.2) is 6.23 Å². The van der Waals surface area contributed by atoms with Crippen LogP contribution >= 0.6 is 11.3 Å². The van der Waals surface area contributed by atoms with Gasteiger partial charge in [0.05, 0.1) is 29.5 Å². The van der Waals surface area contributed by atoms with Gasteiger partial charge in [-0.15, -0.1) is 21.5 Å². The highest BCUT2D eigenvalue weighted by Gasteiger charge is 2.41. The summed E-state index contributed by atoms with van der Waals surface area (Å²) in [5.74, 6) is 0.820. The molecule has 0 spiro atoms. The molecule has 3 aromatic heterocycles. The molecule has 30 heavy (non-hydrogen) atoms. The molecule has 3 atom stereocenters. The zero-order valence-electron chi connectivity index (χ0n) is 16.0. The fourth-order valence-corrected chi connectivity index (χ4v) is 4.99. The molecule has 2 bridgehead atoms. The van der Waals surface area contributed by atoms with Gasteiger partial charge >= 0.3 is 6.47 Å². The average Bonchev–Trinajstić information content (AvgIpc) is 3.40. The van der Waals surface area contributed by atoms with Crippen LogP contribution in [0, 0.1) is 11.3 Å². The van der Waals surface area contributed by atoms with E-state index >= 15 is 0 Å². The van der Waals surface area contributed by atoms with Gasteiger partial charge < -0.3 is 20.2 Å². The molecule has 154 valence electrons. The topological polar surface area (TPSA) is 106 Å². The third-order valence-electron chi connectivity index (χ3n) is 5.81. The van der Waals surface area contributed by atoms with Gasteiger partial charge in [-0.05, 0) is 48.6 Å². The molecule has 3 aromatic rings. The molecule has 0 aliphatic carbocycles. The van der Waals surface area contributed by atoms with Crippen LogP contribution in [0.1, 0.15) is 29.6 Å². The van der Waals surface area contributed by atoms with Gasteiger partial charge in [-0.25, -0.2) is 4.52 Å². The van der Waals surface area contributed by atoms with Gasteiger partial charge in [0, 0.05) is 12.6 Å². The summed E-state index contributed by atoms with van der Waals surface area (Å²) in [6.45, 7) is 1.87. The van der Waals surface area contributed by atoms with Crippen LogP contribution in [0.3, 0.4) is 0 Å². The number of carbonyl (C=O) groups excluding carboxylic acids is 1. The Morgan fingerprint density at radius 1 is 1.27 bits per heavy atom. The minimum absolute atomic E-state index is 0.150. The highest BCUT2D eigenvalue weighted by molar-refractivity contribution is 7.11. The summed E-state index contributed by atoms with van der Waals surface area (Å²) in [7, 11) is 0. The molecule has 3 aliphatic heterocycles. The van der Waals surface area contributed by atoms with Gasteiger partial charge in [0.1, 0.15) is 16.8 Å². The lowest BCUT2D eigenvalue weighted by Crippen LogP contribution is -2.62. The van der Waals surface area contributed by atoms with Crippen molar-refractivity contribution in [3.05, 3.63) is 46.3 Å². The number of nitrogens with one attached hydrogen (secondary N) is 1. The molecule has 0 aromatic carbocycles. The number of rotatable bonds is 6. The molecular formula is C20H20N6O3S. The second-order valence-corrected chi connectivity index (χ2v) is 8.36. The summed E-state index contributed by atoms with van der Waals surface area (Å²) in [6.07, 6.45) is 0.989. The number of hydrogen-bond acceptors (Lipinski definition) is 9. The van der Waals surface area contributed by atoms with Gasteiger partial charge in [-0.3, -0.25) is 4.79 Å². The monoisotopic (exact) mass is 424 g/mol. The van der Waals surface area contributed by atoms with Crippen LogP contribution in [0.2, 0.25) is 0 Å². The van der Waals surface area contributed by atoms with Crippen molar-refractivity contribution in [2.45, 2.75) is 31.2 Å². The second-order valence-electron chi connectivity index (χ2n) is 7.45. The maximum absolute atomic E-state index is 10.8. The second kappa shape index (κ2) is 7.60. The van der Waals surface area contributed by atoms with Crippen LogP contribution < -0.4 is 10.2 Å². The maximum Gasteiger partial charge on any atom is 0.313 e. The molecule has 6 heterocycles. The minimum atomic E-state index is -1.01. The molecule has 0 radical (unpaired) electrons. The summed E-state index contributed by atoms with van der Waals surface area (Å²) in [4.78, 5) is 18.6. The van der Waals surface area contributed by atoms with Gasteiger partial charge in [-0.2, -0.15) is 5.26 Å². The Hall–Kier alpha value is -3.13. The number of nitriles is 1. The van der Waals surface area contributed by atoms with E-state index in [9.17, 15) is 15.2 Å². The lowest BCUT2D eigenvalue weighted by Gasteiger charge is -2.49. The Kier molecular flexibility index (Phi) is 4.78. The Labute approximate surface area is 176 Å². The zero-order valence-corrected chi connectivity index (χ0v) is 16.8. The fraction of sp³-hybridized carbons (Fsp3) is 0.350. The van der Waals surface area contributed by atoms with Crippen LogP contribution in [0.15, 0.2) is 35.7 Å². The quantitative estimate of drug-likeness (QED) is 0.458. The Balaban J connectivity index is 1.41. The molecule has 3 fully saturated rings. The number of aliphatic hydroxyl groups is 1. The molecule has 2 N–H and O–H groups in total. The lowest BCUT2D eigenvalue weighted by molar-refractivity contribution is -0.199. The Morgan fingerprint density at radius 3 is 2.87 bits per heavy atom. The van der Waals surface area contributed by atoms with E-state index < -0.39 is 6.23 Å². The van der Waals surface area contributed by atoms with Crippen LogP contribution in [0.5, 0.6) is 0 Å². The Bertz CT molecular complexity index is 1120. The summed E-state index contributed by atoms with van der Waals surface area (Å²) < 4.78 is 1.73. The van der Waals surface area contributed by atoms with Crippen LogP contribution in [-0.2, 0) is 9.63 Å². The average molecular weight is 424 g/mol. The molecule has 9 nitrogen and oxygen atoms in total. The van der Waals surface area contributed by atoms with Crippen LogP contribution in [-0.4, -0.2) is 51.4 Å². The zero-order chi connectivity index (χ0) is 20.7. The standard InChI is InChI=1S/C20H20N6O3S/c21-9-18-16(7-8-30-18)22-20(28)17-5-3-13-4-6-19(23-26(13)17)24-10-15-2-1-14(24)11-25(15)29-12-27/h3-8,12,14-15,20,22,28H,1-2,10-11H2/t14-,15-,20?/m0/s1. The summed E-state index contributed by atoms with van der Waals surface area (Å²) >= 11 is 1.32. The predicted molar refractivity (Wildman–Crippen MR) is 111 cm³/mol. The first kappa shape index (κ1) is 18.9. The number of piperidine rings is 2. The van der Waals surface area contributed by atoms with Crippen molar-refractivity contribution in [3.63, 3.8) is 0 Å². The van der Waals surface area contributed by atoms with E-state index in [0.717, 1.165) is 30.7 Å². The predicted octanol–water partition coefficient (Wildman–Crippen LogP) is 2.11. The highest BCUT2D eigenvalue weighted by Crippen LogP contribution is 2.32. The lowest BCUT2D eigenvalue weighted by atomic mass is 9.92. The third kappa shape index (κ3) is 3.17. The summed E-state index contributed by atoms with van der Waals surface area (Å²) in [6, 6.07) is 11.9. The van der Waals surface area contributed by atoms with Gasteiger partial charge in [0.25, 0.3) is 0 Å². The van der Waals surface area contributed by atoms with E-state index in [1.165, 1.54) is 11.3 Å². The van der Waals surface area contributed by atoms with E-state index in [4.69, 9.17) is 9.94 Å². The first-order valence-corrected chi connectivity index (χ1v) is 10.6. The van der Waals surface area contributed by atoms with Crippen molar-refractivity contribution in [2.75, 3.05) is 23.3 Å². The number of nitrogens with zero attached hydrogens (tertiary/aromatic N) is 5. The van der Waals surface area contributed by atoms with Crippen molar-refractivity contribution < 1.29 is 14.7 Å². The number of aromatic nitrogens is 2. The van der Waals surface area contributed by atoms with Crippen molar-refractivity contribution in [3.8, 4) is 6.07 Å². The summed E-state index contributed by atoms with van der Waals surface area (Å²) in [5, 5.41) is 31.3. The van der Waals surface area contributed by atoms with Gasteiger partial charge in [-0.1, -0.05) is 0 Å². The normalized spacial score (nSPS) is 22.1. The first-order chi connectivity index (χ1) is 14.7. The number of piperazine rings is 1. The minimum Gasteiger partial charge on any atom is -0.370 e. The van der Waals surface area contributed by atoms with E-state index in [2.05, 4.69) is 16.3 Å². The number of hydrogen-bond donors (Lipinski definition) is 2. The van der Waals surface area contributed by atoms with Gasteiger partial charge in [0.2, 0.25) is 0 Å². The van der Waals surface area contributed by atoms with Crippen molar-refractivity contribution >= 4 is 34.8 Å². The smallest absolute Gasteiger partial charge is 0.313 e. The van der Waals surface area contributed by atoms with Crippen molar-refractivity contribution in [2.24, 2.45) is 0 Å². The molecule has 6 rings (SSSR count). The maximum atomic E-state index is 10.8. The van der Waals surface area contributed by atoms with Crippen LogP contribution in [0.25, 0.3) is 5.52 Å². The highest BCUT2D eigenvalue weighted by atomic mass is 32.1. The molecule has 3 aliphatic rings. The van der Waals surface area contributed by atoms with Crippen molar-refractivity contribution in [1.82, 2.24) is 14.7 Å². The molecular weight excluding hydrogens is 404 g/mol. The van der Waals surface area contributed by atoms with Crippen molar-refractivity contribution in [1.29, 1.82) is 5.26 Å². The molecule has 0 amide bonds. The summed E-state index contributed by atoms with van der Waals surface area (Å²) in [5.41, 5.74) is 2.06. The van der Waals surface area contributed by atoms with E-state index in [1.807, 2.05) is 29.6 Å². The molecule has 1 unspecified atom stereocenters. The number of thiophene rings is 1. The third-order valence-corrected chi connectivity index (χ3v) is 6.63. The number of fused-ring (bicyclic) bond motifs is 4. The SMILES string of the molecule is N#Cc1sccc1NC(O)c1ccc2ccc(N3C[C@@H]4CC[C@H]3CN4OC=O)nn12. The van der Waals surface area contributed by atoms with Crippen LogP contribution in [0.4, 0.5) is 11.5 Å². The molecule has 3 saturated heterocycles. The largest absolute Gasteiger partial charge is 0.370 e. The number of aliphatic hydroxyl groups excluding tert-OH is 1. The van der Waals surface area contributed by atoms with E-state index in [0.29, 0.717) is 29.3 Å².